The van der Waals surface area contributed by atoms with Crippen molar-refractivity contribution in [3.8, 4) is 0 Å². The van der Waals surface area contributed by atoms with Crippen LogP contribution in [0.3, 0.4) is 0 Å². The number of halogens is 2. The Kier molecular flexibility index (Phi) is 11.4. The quantitative estimate of drug-likeness (QED) is 0.197. The Morgan fingerprint density at radius 3 is 1.65 bits per heavy atom. The van der Waals surface area contributed by atoms with Gasteiger partial charge in [0.1, 0.15) is 0 Å². The second kappa shape index (κ2) is 13.9. The number of benzene rings is 3. The van der Waals surface area contributed by atoms with E-state index in [2.05, 4.69) is 143 Å². The number of hydrazone groups is 1. The van der Waals surface area contributed by atoms with Gasteiger partial charge in [0.05, 0.1) is 13.8 Å². The van der Waals surface area contributed by atoms with Crippen molar-refractivity contribution in [1.29, 1.82) is 0 Å². The number of hydrogen-bond acceptors (Lipinski definition) is 2. The first-order valence-corrected chi connectivity index (χ1v) is 19.1. The summed E-state index contributed by atoms with van der Waals surface area (Å²) in [6.07, 6.45) is 1.02. The van der Waals surface area contributed by atoms with E-state index in [1.54, 1.807) is 0 Å². The molecule has 1 heterocycles. The van der Waals surface area contributed by atoms with E-state index in [4.69, 9.17) is 24.2 Å². The molecule has 0 spiro atoms. The van der Waals surface area contributed by atoms with Gasteiger partial charge in [-0.2, -0.15) is 5.10 Å². The first kappa shape index (κ1) is 30.5. The maximum atomic E-state index is 5.35. The van der Waals surface area contributed by atoms with E-state index in [9.17, 15) is 0 Å². The Hall–Kier alpha value is -1.03. The summed E-state index contributed by atoms with van der Waals surface area (Å²) in [5.41, 5.74) is 2.62. The van der Waals surface area contributed by atoms with Crippen LogP contribution < -0.4 is 15.9 Å². The van der Waals surface area contributed by atoms with Gasteiger partial charge >= 0.3 is 35.0 Å². The first-order valence-electron chi connectivity index (χ1n) is 12.2. The third-order valence-electron chi connectivity index (χ3n) is 5.97. The third kappa shape index (κ3) is 8.48. The van der Waals surface area contributed by atoms with Crippen LogP contribution in [-0.4, -0.2) is 16.7 Å². The Morgan fingerprint density at radius 2 is 1.24 bits per heavy atom. The van der Waals surface area contributed by atoms with Gasteiger partial charge in [-0.1, -0.05) is 133 Å². The van der Waals surface area contributed by atoms with Crippen LogP contribution in [0.4, 0.5) is 0 Å². The van der Waals surface area contributed by atoms with Gasteiger partial charge in [0, 0.05) is 22.7 Å². The Bertz CT molecular complexity index is 1140. The van der Waals surface area contributed by atoms with E-state index in [0.717, 1.165) is 6.16 Å². The zero-order chi connectivity index (χ0) is 27.1. The molecule has 0 aliphatic carbocycles. The second-order valence-electron chi connectivity index (χ2n) is 10.8. The summed E-state index contributed by atoms with van der Waals surface area (Å²) < 4.78 is 2.41. The van der Waals surface area contributed by atoms with Crippen molar-refractivity contribution < 1.29 is 15.9 Å². The molecule has 200 valence electrons. The summed E-state index contributed by atoms with van der Waals surface area (Å²) in [5, 5.41) is 9.47. The zero-order valence-electron chi connectivity index (χ0n) is 22.3. The van der Waals surface area contributed by atoms with E-state index < -0.39 is 16.0 Å². The van der Waals surface area contributed by atoms with Crippen LogP contribution in [0.5, 0.6) is 0 Å². The van der Waals surface area contributed by atoms with Gasteiger partial charge in [0.15, 0.2) is 0 Å². The molecule has 1 atom stereocenters. The van der Waals surface area contributed by atoms with Crippen LogP contribution in [-0.2, 0) is 15.9 Å². The summed E-state index contributed by atoms with van der Waals surface area (Å²) in [7, 11) is 8.36. The van der Waals surface area contributed by atoms with Crippen LogP contribution in [0.2, 0.25) is 0 Å². The Balaban J connectivity index is 0.00000121. The summed E-state index contributed by atoms with van der Waals surface area (Å²) in [6.45, 7) is 13.8. The van der Waals surface area contributed by atoms with Crippen LogP contribution in [0.25, 0.3) is 0 Å². The molecular formula is C30H36Cl2N2P2Pd. The fraction of sp³-hybridized carbons (Fsp3) is 0.300. The SMILES string of the molecule is CC(C)(C)C1=NN(/C(=C\P(c2ccccc2)c2ccccc2)C(C)(C)C)P(c2ccccc2)C1.[Cl][Pd][Cl]. The molecule has 1 aliphatic rings. The third-order valence-corrected chi connectivity index (χ3v) is 10.4. The molecule has 0 saturated carbocycles. The fourth-order valence-electron chi connectivity index (χ4n) is 3.92. The van der Waals surface area contributed by atoms with E-state index in [1.165, 1.54) is 27.3 Å². The minimum absolute atomic E-state index is 0.0453. The van der Waals surface area contributed by atoms with E-state index >= 15 is 0 Å². The van der Waals surface area contributed by atoms with Gasteiger partial charge in [-0.05, 0) is 29.7 Å². The standard InChI is InChI=1S/C30H36N2P2.2ClH.Pd/c1-29(2,3)27-22-34(26-20-14-9-15-21-26)32(31-27)28(30(4,5)6)23-33(24-16-10-7-11-17-24)25-18-12-8-13-19-25;;;/h7-21,23H,22H2,1-6H3;2*1H;/q;;;+2/p-2/b28-23-;;;. The molecule has 0 bridgehead atoms. The second-order valence-corrected chi connectivity index (χ2v) is 17.2. The number of nitrogens with zero attached hydrogens (tertiary/aromatic N) is 2. The minimum atomic E-state index is -0.664. The molecule has 2 nitrogen and oxygen atoms in total. The molecule has 1 unspecified atom stereocenters. The molecule has 0 radical (unpaired) electrons. The molecule has 1 aliphatic heterocycles. The fourth-order valence-corrected chi connectivity index (χ4v) is 9.05. The van der Waals surface area contributed by atoms with Crippen LogP contribution in [0.15, 0.2) is 108 Å². The van der Waals surface area contributed by atoms with Gasteiger partial charge < -0.3 is 0 Å². The molecular weight excluding hydrogens is 628 g/mol. The predicted octanol–water partition coefficient (Wildman–Crippen LogP) is 8.82. The molecule has 7 heteroatoms. The van der Waals surface area contributed by atoms with E-state index in [-0.39, 0.29) is 26.8 Å². The molecule has 3 aromatic carbocycles. The van der Waals surface area contributed by atoms with Crippen LogP contribution in [0, 0.1) is 10.8 Å². The van der Waals surface area contributed by atoms with Crippen LogP contribution in [0.1, 0.15) is 41.5 Å². The summed E-state index contributed by atoms with van der Waals surface area (Å²) in [4.78, 5) is 0. The number of hydrogen-bond donors (Lipinski definition) is 0. The Morgan fingerprint density at radius 1 is 0.811 bits per heavy atom. The Labute approximate surface area is 242 Å². The summed E-state index contributed by atoms with van der Waals surface area (Å²) in [6, 6.07) is 32.9. The molecule has 4 rings (SSSR count). The monoisotopic (exact) mass is 662 g/mol. The van der Waals surface area contributed by atoms with Crippen molar-refractivity contribution in [3.63, 3.8) is 0 Å². The normalized spacial score (nSPS) is 16.5. The van der Waals surface area contributed by atoms with Crippen molar-refractivity contribution in [2.24, 2.45) is 15.9 Å². The number of rotatable bonds is 5. The summed E-state index contributed by atoms with van der Waals surface area (Å²) >= 11 is -0.106. The van der Waals surface area contributed by atoms with Crippen LogP contribution >= 0.6 is 35.1 Å². The first-order chi connectivity index (χ1) is 17.6. The van der Waals surface area contributed by atoms with Gasteiger partial charge in [-0.25, -0.2) is 4.78 Å². The van der Waals surface area contributed by atoms with Crippen molar-refractivity contribution in [1.82, 2.24) is 4.78 Å². The molecule has 0 N–H and O–H groups in total. The zero-order valence-corrected chi connectivity index (χ0v) is 27.2. The van der Waals surface area contributed by atoms with Crippen molar-refractivity contribution in [2.45, 2.75) is 41.5 Å². The van der Waals surface area contributed by atoms with Crippen molar-refractivity contribution >= 4 is 56.7 Å². The van der Waals surface area contributed by atoms with Gasteiger partial charge in [0.2, 0.25) is 0 Å². The number of allylic oxidation sites excluding steroid dienone is 1. The average Bonchev–Trinajstić information content (AvgIpc) is 3.32. The predicted molar refractivity (Wildman–Crippen MR) is 165 cm³/mol. The molecule has 0 fully saturated rings. The molecule has 3 aromatic rings. The van der Waals surface area contributed by atoms with E-state index in [0.29, 0.717) is 0 Å². The van der Waals surface area contributed by atoms with Gasteiger partial charge in [-0.15, -0.1) is 0 Å². The van der Waals surface area contributed by atoms with Crippen molar-refractivity contribution in [3.05, 3.63) is 103 Å². The van der Waals surface area contributed by atoms with Gasteiger partial charge in [0.25, 0.3) is 0 Å². The van der Waals surface area contributed by atoms with Gasteiger partial charge in [-0.3, -0.25) is 0 Å². The molecule has 0 aromatic heterocycles. The molecule has 37 heavy (non-hydrogen) atoms. The van der Waals surface area contributed by atoms with Crippen molar-refractivity contribution in [2.75, 3.05) is 6.16 Å². The average molecular weight is 664 g/mol. The maximum absolute atomic E-state index is 5.35. The topological polar surface area (TPSA) is 15.6 Å². The van der Waals surface area contributed by atoms with E-state index in [1.807, 2.05) is 0 Å². The molecule has 0 saturated heterocycles. The summed E-state index contributed by atoms with van der Waals surface area (Å²) in [5.74, 6) is 2.54. The molecule has 0 amide bonds.